The summed E-state index contributed by atoms with van der Waals surface area (Å²) < 4.78 is 18.7. The molecule has 4 rings (SSSR count). The number of benzene rings is 2. The standard InChI is InChI=1S/C30H38N6O5S/c1-7-16-42-30-33-29-31-19(4)26(28(38)32-21-12-10-11-13-22(21)39-5)27(36(29)34-30)20-14-15-23(24(17-20)40-6)41-18-25(37)35(8-2)9-3/h10-15,17,27H,7-9,16,18H2,1-6H3,(H,32,38)(H,31,33,34). The highest BCUT2D eigenvalue weighted by Crippen LogP contribution is 2.40. The van der Waals surface area contributed by atoms with E-state index in [0.29, 0.717) is 58.4 Å². The van der Waals surface area contributed by atoms with Crippen molar-refractivity contribution in [1.29, 1.82) is 0 Å². The number of aromatic nitrogens is 3. The largest absolute Gasteiger partial charge is 0.495 e. The smallest absolute Gasteiger partial charge is 0.260 e. The van der Waals surface area contributed by atoms with Crippen molar-refractivity contribution >= 4 is 35.2 Å². The van der Waals surface area contributed by atoms with Crippen LogP contribution < -0.4 is 24.8 Å². The van der Waals surface area contributed by atoms with E-state index in [1.54, 1.807) is 52.7 Å². The molecule has 2 heterocycles. The topological polar surface area (TPSA) is 120 Å². The molecule has 2 aromatic carbocycles. The summed E-state index contributed by atoms with van der Waals surface area (Å²) >= 11 is 1.56. The molecule has 0 bridgehead atoms. The highest BCUT2D eigenvalue weighted by Gasteiger charge is 2.35. The quantitative estimate of drug-likeness (QED) is 0.264. The van der Waals surface area contributed by atoms with Gasteiger partial charge in [-0.25, -0.2) is 4.68 Å². The van der Waals surface area contributed by atoms with Crippen molar-refractivity contribution in [1.82, 2.24) is 19.7 Å². The van der Waals surface area contributed by atoms with Gasteiger partial charge in [0.1, 0.15) is 11.8 Å². The van der Waals surface area contributed by atoms with Crippen LogP contribution >= 0.6 is 11.8 Å². The lowest BCUT2D eigenvalue weighted by atomic mass is 9.94. The van der Waals surface area contributed by atoms with E-state index in [0.717, 1.165) is 17.7 Å². The molecule has 0 spiro atoms. The number of carbonyl (C=O) groups is 2. The second-order valence-corrected chi connectivity index (χ2v) is 10.6. The van der Waals surface area contributed by atoms with Gasteiger partial charge < -0.3 is 29.7 Å². The van der Waals surface area contributed by atoms with E-state index in [1.807, 2.05) is 39.0 Å². The van der Waals surface area contributed by atoms with Crippen molar-refractivity contribution in [3.8, 4) is 17.2 Å². The van der Waals surface area contributed by atoms with Crippen molar-refractivity contribution in [2.75, 3.05) is 50.3 Å². The van der Waals surface area contributed by atoms with E-state index in [-0.39, 0.29) is 18.4 Å². The van der Waals surface area contributed by atoms with Gasteiger partial charge in [-0.3, -0.25) is 9.59 Å². The minimum atomic E-state index is -0.625. The molecular formula is C30H38N6O5S. The maximum atomic E-state index is 13.9. The summed E-state index contributed by atoms with van der Waals surface area (Å²) in [5.74, 6) is 2.39. The number of likely N-dealkylation sites (N-methyl/N-ethyl adjacent to an activating group) is 1. The lowest BCUT2D eigenvalue weighted by molar-refractivity contribution is -0.133. The lowest BCUT2D eigenvalue weighted by Gasteiger charge is -2.29. The molecule has 0 aliphatic carbocycles. The van der Waals surface area contributed by atoms with Crippen LogP contribution in [0, 0.1) is 0 Å². The molecular weight excluding hydrogens is 556 g/mol. The highest BCUT2D eigenvalue weighted by atomic mass is 32.2. The van der Waals surface area contributed by atoms with Gasteiger partial charge in [-0.05, 0) is 57.0 Å². The third-order valence-corrected chi connectivity index (χ3v) is 7.88. The molecule has 3 aromatic rings. The zero-order valence-corrected chi connectivity index (χ0v) is 25.7. The summed E-state index contributed by atoms with van der Waals surface area (Å²) in [5, 5.41) is 11.7. The van der Waals surface area contributed by atoms with E-state index in [2.05, 4.69) is 22.5 Å². The van der Waals surface area contributed by atoms with Crippen LogP contribution in [0.1, 0.15) is 45.7 Å². The minimum Gasteiger partial charge on any atom is -0.495 e. The number of rotatable bonds is 13. The Bertz CT molecular complexity index is 1450. The zero-order valence-electron chi connectivity index (χ0n) is 24.9. The number of nitrogens with zero attached hydrogens (tertiary/aromatic N) is 4. The summed E-state index contributed by atoms with van der Waals surface area (Å²) in [4.78, 5) is 32.8. The monoisotopic (exact) mass is 594 g/mol. The molecule has 2 N–H and O–H groups in total. The van der Waals surface area contributed by atoms with E-state index in [1.165, 1.54) is 7.11 Å². The van der Waals surface area contributed by atoms with Gasteiger partial charge in [-0.1, -0.05) is 36.9 Å². The number of amides is 2. The second kappa shape index (κ2) is 14.1. The van der Waals surface area contributed by atoms with E-state index in [9.17, 15) is 9.59 Å². The Hall–Kier alpha value is -4.19. The SMILES string of the molecule is CCCSc1nc2n(n1)C(c1ccc(OCC(=O)N(CC)CC)c(OC)c1)C(C(=O)Nc1ccccc1OC)=C(C)N2. The maximum absolute atomic E-state index is 13.9. The van der Waals surface area contributed by atoms with Crippen LogP contribution in [-0.4, -0.2) is 71.1 Å². The number of hydrogen-bond acceptors (Lipinski definition) is 9. The number of thioether (sulfide) groups is 1. The van der Waals surface area contributed by atoms with Crippen LogP contribution in [0.2, 0.25) is 0 Å². The molecule has 1 aliphatic heterocycles. The van der Waals surface area contributed by atoms with Crippen LogP contribution in [0.25, 0.3) is 0 Å². The van der Waals surface area contributed by atoms with Crippen LogP contribution in [0.4, 0.5) is 11.6 Å². The molecule has 1 atom stereocenters. The Kier molecular flexibility index (Phi) is 10.3. The molecule has 2 amide bonds. The van der Waals surface area contributed by atoms with Crippen molar-refractivity contribution in [3.05, 3.63) is 59.3 Å². The van der Waals surface area contributed by atoms with E-state index < -0.39 is 6.04 Å². The number of allylic oxidation sites excluding steroid dienone is 1. The van der Waals surface area contributed by atoms with E-state index >= 15 is 0 Å². The van der Waals surface area contributed by atoms with Gasteiger partial charge in [0.15, 0.2) is 18.1 Å². The molecule has 224 valence electrons. The Morgan fingerprint density at radius 2 is 1.79 bits per heavy atom. The van der Waals surface area contributed by atoms with Crippen LogP contribution in [0.15, 0.2) is 58.9 Å². The first-order chi connectivity index (χ1) is 20.3. The fourth-order valence-corrected chi connectivity index (χ4v) is 5.39. The van der Waals surface area contributed by atoms with Gasteiger partial charge in [0.05, 0.1) is 25.5 Å². The Balaban J connectivity index is 1.72. The summed E-state index contributed by atoms with van der Waals surface area (Å²) in [6.45, 7) is 8.90. The lowest BCUT2D eigenvalue weighted by Crippen LogP contribution is -2.34. The second-order valence-electron chi connectivity index (χ2n) is 9.50. The first kappa shape index (κ1) is 30.8. The predicted octanol–water partition coefficient (Wildman–Crippen LogP) is 4.97. The van der Waals surface area contributed by atoms with Gasteiger partial charge >= 0.3 is 0 Å². The molecule has 1 unspecified atom stereocenters. The fourth-order valence-electron chi connectivity index (χ4n) is 4.71. The Labute approximate surface area is 250 Å². The number of hydrogen-bond donors (Lipinski definition) is 2. The third-order valence-electron chi connectivity index (χ3n) is 6.84. The van der Waals surface area contributed by atoms with Gasteiger partial charge in [0, 0.05) is 24.5 Å². The summed E-state index contributed by atoms with van der Waals surface area (Å²) in [6, 6.07) is 12.0. The summed E-state index contributed by atoms with van der Waals surface area (Å²) in [7, 11) is 3.10. The van der Waals surface area contributed by atoms with Crippen molar-refractivity contribution in [2.45, 2.75) is 45.3 Å². The molecule has 0 saturated heterocycles. The van der Waals surface area contributed by atoms with Crippen LogP contribution in [0.3, 0.4) is 0 Å². The van der Waals surface area contributed by atoms with E-state index in [4.69, 9.17) is 19.3 Å². The number of para-hydroxylation sites is 2. The van der Waals surface area contributed by atoms with Gasteiger partial charge in [-0.2, -0.15) is 4.98 Å². The predicted molar refractivity (Wildman–Crippen MR) is 164 cm³/mol. The van der Waals surface area contributed by atoms with Gasteiger partial charge in [-0.15, -0.1) is 5.10 Å². The minimum absolute atomic E-state index is 0.109. The zero-order chi connectivity index (χ0) is 30.2. The van der Waals surface area contributed by atoms with Crippen LogP contribution in [-0.2, 0) is 9.59 Å². The van der Waals surface area contributed by atoms with Gasteiger partial charge in [0.25, 0.3) is 11.8 Å². The summed E-state index contributed by atoms with van der Waals surface area (Å²) in [5.41, 5.74) is 2.38. The molecule has 42 heavy (non-hydrogen) atoms. The molecule has 11 nitrogen and oxygen atoms in total. The number of ether oxygens (including phenoxy) is 3. The molecule has 0 fully saturated rings. The highest BCUT2D eigenvalue weighted by molar-refractivity contribution is 7.99. The third kappa shape index (κ3) is 6.64. The normalized spacial score (nSPS) is 14.1. The van der Waals surface area contributed by atoms with Crippen molar-refractivity contribution in [2.24, 2.45) is 0 Å². The molecule has 1 aromatic heterocycles. The number of carbonyl (C=O) groups excluding carboxylic acids is 2. The maximum Gasteiger partial charge on any atom is 0.260 e. The summed E-state index contributed by atoms with van der Waals surface area (Å²) in [6.07, 6.45) is 0.977. The number of anilines is 2. The number of fused-ring (bicyclic) bond motifs is 1. The molecule has 1 aliphatic rings. The van der Waals surface area contributed by atoms with Crippen LogP contribution in [0.5, 0.6) is 17.2 Å². The number of nitrogens with one attached hydrogen (secondary N) is 2. The Morgan fingerprint density at radius 1 is 1.05 bits per heavy atom. The molecule has 12 heteroatoms. The average Bonchev–Trinajstić information content (AvgIpc) is 3.41. The van der Waals surface area contributed by atoms with Crippen molar-refractivity contribution in [3.63, 3.8) is 0 Å². The molecule has 0 radical (unpaired) electrons. The number of methoxy groups -OCH3 is 2. The van der Waals surface area contributed by atoms with Gasteiger partial charge in [0.2, 0.25) is 11.1 Å². The molecule has 0 saturated carbocycles. The van der Waals surface area contributed by atoms with Crippen molar-refractivity contribution < 1.29 is 23.8 Å². The first-order valence-electron chi connectivity index (χ1n) is 13.9. The fraction of sp³-hybridized carbons (Fsp3) is 0.400. The average molecular weight is 595 g/mol. The Morgan fingerprint density at radius 3 is 2.48 bits per heavy atom. The first-order valence-corrected chi connectivity index (χ1v) is 14.9.